The lowest BCUT2D eigenvalue weighted by molar-refractivity contribution is 0.0214. The Balaban J connectivity index is 2.04. The second-order valence-electron chi connectivity index (χ2n) is 3.04. The molecule has 0 aromatic heterocycles. The van der Waals surface area contributed by atoms with Gasteiger partial charge in [-0.2, -0.15) is 0 Å². The van der Waals surface area contributed by atoms with Crippen molar-refractivity contribution in [2.45, 2.75) is 44.6 Å². The van der Waals surface area contributed by atoms with Gasteiger partial charge in [-0.25, -0.2) is 0 Å². The third-order valence-electron chi connectivity index (χ3n) is 2.12. The topological polar surface area (TPSA) is 29.5 Å². The largest absolute Gasteiger partial charge is 0.396 e. The van der Waals surface area contributed by atoms with Crippen LogP contribution in [0.2, 0.25) is 0 Å². The van der Waals surface area contributed by atoms with Crippen LogP contribution in [0.1, 0.15) is 41.3 Å². The first-order valence-corrected chi connectivity index (χ1v) is 4.42. The molecule has 1 N–H and O–H groups in total. The van der Waals surface area contributed by atoms with Gasteiger partial charge in [0.1, 0.15) is 0 Å². The van der Waals surface area contributed by atoms with Gasteiger partial charge in [0.25, 0.3) is 0 Å². The summed E-state index contributed by atoms with van der Waals surface area (Å²) in [6.45, 7) is -1.75. The summed E-state index contributed by atoms with van der Waals surface area (Å²) in [5, 5.41) is 8.80. The van der Waals surface area contributed by atoms with Gasteiger partial charge in [-0.05, 0) is 19.3 Å². The molecule has 0 amide bonds. The fourth-order valence-electron chi connectivity index (χ4n) is 1.50. The number of ether oxygens (including phenoxy) is 1. The summed E-state index contributed by atoms with van der Waals surface area (Å²) in [5.74, 6) is 0. The van der Waals surface area contributed by atoms with E-state index in [1.807, 2.05) is 0 Å². The smallest absolute Gasteiger partial charge is 0.0575 e. The molecule has 0 aliphatic heterocycles. The average Bonchev–Trinajstić information content (AvgIpc) is 2.04. The fraction of sp³-hybridized carbons (Fsp3) is 1.00. The van der Waals surface area contributed by atoms with Gasteiger partial charge in [0.05, 0.1) is 8.85 Å². The Morgan fingerprint density at radius 3 is 2.73 bits per heavy atom. The second kappa shape index (κ2) is 5.56. The van der Waals surface area contributed by atoms with Crippen LogP contribution >= 0.6 is 0 Å². The van der Waals surface area contributed by atoms with Gasteiger partial charge < -0.3 is 9.84 Å². The maximum atomic E-state index is 8.80. The molecule has 1 fully saturated rings. The van der Waals surface area contributed by atoms with Gasteiger partial charge >= 0.3 is 0 Å². The normalized spacial score (nSPS) is 24.5. The van der Waals surface area contributed by atoms with Crippen molar-refractivity contribution in [3.63, 3.8) is 0 Å². The molecule has 0 atom stereocenters. The van der Waals surface area contributed by atoms with Crippen LogP contribution in [0.25, 0.3) is 0 Å². The van der Waals surface area contributed by atoms with Gasteiger partial charge in [0.15, 0.2) is 0 Å². The maximum Gasteiger partial charge on any atom is 0.0575 e. The van der Waals surface area contributed by atoms with E-state index in [4.69, 9.17) is 12.6 Å². The first-order chi connectivity index (χ1) is 6.08. The van der Waals surface area contributed by atoms with E-state index in [2.05, 4.69) is 0 Å². The minimum Gasteiger partial charge on any atom is -0.396 e. The lowest BCUT2D eigenvalue weighted by Crippen LogP contribution is -2.17. The molecule has 0 aromatic carbocycles. The van der Waals surface area contributed by atoms with Crippen LogP contribution in [0.3, 0.4) is 0 Å². The minimum absolute atomic E-state index is 0.0729. The second-order valence-corrected chi connectivity index (χ2v) is 3.04. The predicted molar refractivity (Wildman–Crippen MR) is 44.5 cm³/mol. The number of aliphatic hydroxyl groups is 1. The molecule has 2 heteroatoms. The number of hydrogen-bond acceptors (Lipinski definition) is 2. The molecule has 66 valence electrons. The summed E-state index contributed by atoms with van der Waals surface area (Å²) in [5.41, 5.74) is 0. The van der Waals surface area contributed by atoms with Crippen molar-refractivity contribution in [2.75, 3.05) is 13.2 Å². The van der Waals surface area contributed by atoms with Crippen LogP contribution < -0.4 is 0 Å². The molecule has 1 saturated carbocycles. The molecule has 0 unspecified atom stereocenters. The molecule has 11 heavy (non-hydrogen) atoms. The Bertz CT molecular complexity index is 139. The summed E-state index contributed by atoms with van der Waals surface area (Å²) in [7, 11) is 0. The van der Waals surface area contributed by atoms with Crippen molar-refractivity contribution in [1.82, 2.24) is 0 Å². The molecule has 0 spiro atoms. The Labute approximate surface area is 71.4 Å². The monoisotopic (exact) mass is 160 g/mol. The summed E-state index contributed by atoms with van der Waals surface area (Å²) in [6, 6.07) is 0. The number of hydrogen-bond donors (Lipinski definition) is 1. The summed E-state index contributed by atoms with van der Waals surface area (Å²) >= 11 is 0. The van der Waals surface area contributed by atoms with E-state index in [9.17, 15) is 0 Å². The summed E-state index contributed by atoms with van der Waals surface area (Å²) in [6.07, 6.45) is 6.29. The zero-order chi connectivity index (χ0) is 9.73. The molecule has 0 bridgehead atoms. The first kappa shape index (κ1) is 6.44. The Morgan fingerprint density at radius 1 is 1.36 bits per heavy atom. The van der Waals surface area contributed by atoms with Gasteiger partial charge in [0.2, 0.25) is 0 Å². The summed E-state index contributed by atoms with van der Waals surface area (Å²) in [4.78, 5) is 0. The molecule has 2 nitrogen and oxygen atoms in total. The summed E-state index contributed by atoms with van der Waals surface area (Å²) < 4.78 is 19.2. The van der Waals surface area contributed by atoms with Crippen LogP contribution in [0.4, 0.5) is 0 Å². The molecule has 1 rings (SSSR count). The highest BCUT2D eigenvalue weighted by molar-refractivity contribution is 4.64. The van der Waals surface area contributed by atoms with Crippen LogP contribution in [0.15, 0.2) is 0 Å². The Morgan fingerprint density at radius 2 is 2.09 bits per heavy atom. The molecule has 0 heterocycles. The van der Waals surface area contributed by atoms with Crippen molar-refractivity contribution >= 4 is 0 Å². The molecule has 0 radical (unpaired) electrons. The molecule has 0 saturated heterocycles. The van der Waals surface area contributed by atoms with Gasteiger partial charge in [-0.1, -0.05) is 19.3 Å². The minimum atomic E-state index is -2.07. The van der Waals surface area contributed by atoms with Crippen molar-refractivity contribution in [3.8, 4) is 0 Å². The van der Waals surface area contributed by atoms with Gasteiger partial charge in [-0.15, -0.1) is 0 Å². The molecular weight excluding hydrogens is 140 g/mol. The van der Waals surface area contributed by atoms with E-state index in [1.54, 1.807) is 0 Å². The van der Waals surface area contributed by atoms with Crippen LogP contribution in [-0.2, 0) is 4.74 Å². The standard InChI is InChI=1S/C9H18O2/c10-7-4-8-11-9-5-2-1-3-6-9/h9-10H,1-8H2/i7D2. The van der Waals surface area contributed by atoms with Gasteiger partial charge in [0, 0.05) is 13.2 Å². The zero-order valence-electron chi connectivity index (χ0n) is 8.88. The van der Waals surface area contributed by atoms with Crippen LogP contribution in [0, 0.1) is 0 Å². The van der Waals surface area contributed by atoms with E-state index in [0.29, 0.717) is 12.7 Å². The molecular formula is C9H18O2. The molecule has 1 aliphatic carbocycles. The average molecular weight is 160 g/mol. The lowest BCUT2D eigenvalue weighted by atomic mass is 9.98. The van der Waals surface area contributed by atoms with Crippen molar-refractivity contribution in [3.05, 3.63) is 0 Å². The van der Waals surface area contributed by atoms with E-state index in [0.717, 1.165) is 12.8 Å². The van der Waals surface area contributed by atoms with E-state index >= 15 is 0 Å². The third kappa shape index (κ3) is 3.73. The van der Waals surface area contributed by atoms with Crippen LogP contribution in [-0.4, -0.2) is 24.4 Å². The third-order valence-corrected chi connectivity index (χ3v) is 2.12. The van der Waals surface area contributed by atoms with Crippen molar-refractivity contribution < 1.29 is 12.6 Å². The highest BCUT2D eigenvalue weighted by Gasteiger charge is 2.12. The first-order valence-electron chi connectivity index (χ1n) is 5.42. The van der Waals surface area contributed by atoms with Gasteiger partial charge in [-0.3, -0.25) is 0 Å². The van der Waals surface area contributed by atoms with Crippen molar-refractivity contribution in [2.24, 2.45) is 0 Å². The predicted octanol–water partition coefficient (Wildman–Crippen LogP) is 1.72. The Hall–Kier alpha value is -0.0800. The lowest BCUT2D eigenvalue weighted by Gasteiger charge is -2.21. The molecule has 0 aromatic rings. The van der Waals surface area contributed by atoms with E-state index < -0.39 is 6.56 Å². The van der Waals surface area contributed by atoms with Crippen molar-refractivity contribution in [1.29, 1.82) is 0 Å². The number of rotatable bonds is 4. The zero-order valence-corrected chi connectivity index (χ0v) is 6.88. The molecule has 1 aliphatic rings. The van der Waals surface area contributed by atoms with E-state index in [1.165, 1.54) is 19.3 Å². The highest BCUT2D eigenvalue weighted by Crippen LogP contribution is 2.20. The SMILES string of the molecule is [2H]C([2H])(O)CCOC1CCCCC1. The highest BCUT2D eigenvalue weighted by atomic mass is 16.5. The van der Waals surface area contributed by atoms with Crippen LogP contribution in [0.5, 0.6) is 0 Å². The fourth-order valence-corrected chi connectivity index (χ4v) is 1.50. The Kier molecular flexibility index (Phi) is 3.25. The van der Waals surface area contributed by atoms with E-state index in [-0.39, 0.29) is 6.42 Å². The quantitative estimate of drug-likeness (QED) is 0.678. The maximum absolute atomic E-state index is 8.80.